The molecule has 0 bridgehead atoms. The molecule has 1 saturated heterocycles. The van der Waals surface area contributed by atoms with Crippen molar-refractivity contribution >= 4 is 12.1 Å². The van der Waals surface area contributed by atoms with E-state index in [9.17, 15) is 9.90 Å². The maximum atomic E-state index is 11.6. The summed E-state index contributed by atoms with van der Waals surface area (Å²) in [6.45, 7) is 3.91. The van der Waals surface area contributed by atoms with E-state index in [1.54, 1.807) is 24.3 Å². The Hall–Kier alpha value is -1.92. The molecule has 0 atom stereocenters. The molecule has 1 fully saturated rings. The monoisotopic (exact) mass is 262 g/mol. The Bertz CT molecular complexity index is 456. The van der Waals surface area contributed by atoms with Crippen LogP contribution in [0, 0.1) is 0 Å². The fourth-order valence-electron chi connectivity index (χ4n) is 1.88. The molecule has 0 radical (unpaired) electrons. The summed E-state index contributed by atoms with van der Waals surface area (Å²) in [4.78, 5) is 13.7. The molecule has 1 aromatic carbocycles. The van der Waals surface area contributed by atoms with E-state index in [4.69, 9.17) is 0 Å². The second kappa shape index (κ2) is 6.86. The molecular formula is C13H18N4O2. The van der Waals surface area contributed by atoms with Gasteiger partial charge >= 0.3 is 0 Å². The fraction of sp³-hybridized carbons (Fsp3) is 0.385. The van der Waals surface area contributed by atoms with Gasteiger partial charge in [0.1, 0.15) is 5.75 Å². The molecule has 0 aromatic heterocycles. The molecule has 1 aliphatic rings. The van der Waals surface area contributed by atoms with Gasteiger partial charge in [-0.15, -0.1) is 0 Å². The first kappa shape index (κ1) is 13.5. The van der Waals surface area contributed by atoms with E-state index in [0.29, 0.717) is 12.1 Å². The number of piperazine rings is 1. The van der Waals surface area contributed by atoms with Crippen LogP contribution in [0.4, 0.5) is 0 Å². The Morgan fingerprint density at radius 1 is 1.42 bits per heavy atom. The molecule has 1 aliphatic heterocycles. The maximum absolute atomic E-state index is 11.6. The van der Waals surface area contributed by atoms with Crippen LogP contribution in [0.5, 0.6) is 5.75 Å². The number of aromatic hydroxyl groups is 1. The lowest BCUT2D eigenvalue weighted by Crippen LogP contribution is -2.47. The quantitative estimate of drug-likeness (QED) is 0.516. The van der Waals surface area contributed by atoms with Crippen molar-refractivity contribution in [1.29, 1.82) is 0 Å². The molecule has 1 heterocycles. The summed E-state index contributed by atoms with van der Waals surface area (Å²) >= 11 is 0. The smallest absolute Gasteiger partial charge is 0.254 e. The van der Waals surface area contributed by atoms with Crippen LogP contribution < -0.4 is 10.7 Å². The van der Waals surface area contributed by atoms with Crippen LogP contribution in [0.25, 0.3) is 0 Å². The van der Waals surface area contributed by atoms with E-state index in [1.165, 1.54) is 6.21 Å². The minimum atomic E-state index is -0.145. The summed E-state index contributed by atoms with van der Waals surface area (Å²) in [5.74, 6) is -0.00354. The summed E-state index contributed by atoms with van der Waals surface area (Å²) in [7, 11) is 0. The van der Waals surface area contributed by atoms with Crippen LogP contribution in [-0.4, -0.2) is 54.9 Å². The first-order valence-electron chi connectivity index (χ1n) is 6.28. The number of hydrogen-bond acceptors (Lipinski definition) is 5. The van der Waals surface area contributed by atoms with Crippen molar-refractivity contribution in [3.8, 4) is 5.75 Å². The van der Waals surface area contributed by atoms with Gasteiger partial charge < -0.3 is 10.4 Å². The first-order chi connectivity index (χ1) is 9.25. The topological polar surface area (TPSA) is 77.0 Å². The number of amides is 1. The number of rotatable bonds is 4. The summed E-state index contributed by atoms with van der Waals surface area (Å²) in [5, 5.41) is 16.6. The number of hydrogen-bond donors (Lipinski definition) is 3. The zero-order chi connectivity index (χ0) is 13.5. The van der Waals surface area contributed by atoms with Crippen molar-refractivity contribution in [3.05, 3.63) is 29.8 Å². The van der Waals surface area contributed by atoms with E-state index in [0.717, 1.165) is 26.2 Å². The van der Waals surface area contributed by atoms with Crippen molar-refractivity contribution in [1.82, 2.24) is 15.6 Å². The molecule has 0 aliphatic carbocycles. The van der Waals surface area contributed by atoms with Crippen molar-refractivity contribution < 1.29 is 9.90 Å². The van der Waals surface area contributed by atoms with Crippen LogP contribution in [0.15, 0.2) is 29.4 Å². The molecule has 1 aromatic rings. The number of para-hydroxylation sites is 1. The van der Waals surface area contributed by atoms with E-state index in [-0.39, 0.29) is 11.7 Å². The Balaban J connectivity index is 1.78. The van der Waals surface area contributed by atoms with Gasteiger partial charge in [0.25, 0.3) is 5.91 Å². The van der Waals surface area contributed by atoms with E-state index < -0.39 is 0 Å². The molecule has 1 amide bonds. The van der Waals surface area contributed by atoms with Crippen LogP contribution in [0.3, 0.4) is 0 Å². The number of carbonyl (C=O) groups is 1. The van der Waals surface area contributed by atoms with Gasteiger partial charge in [-0.2, -0.15) is 5.10 Å². The lowest BCUT2D eigenvalue weighted by atomic mass is 10.2. The number of nitrogens with one attached hydrogen (secondary N) is 2. The average Bonchev–Trinajstić information content (AvgIpc) is 2.42. The van der Waals surface area contributed by atoms with Gasteiger partial charge in [-0.1, -0.05) is 12.1 Å². The minimum absolute atomic E-state index is 0.141. The molecule has 2 rings (SSSR count). The van der Waals surface area contributed by atoms with Crippen molar-refractivity contribution in [2.24, 2.45) is 5.10 Å². The van der Waals surface area contributed by atoms with Crippen molar-refractivity contribution in [3.63, 3.8) is 0 Å². The normalized spacial score (nSPS) is 16.6. The molecule has 19 heavy (non-hydrogen) atoms. The molecule has 102 valence electrons. The van der Waals surface area contributed by atoms with Crippen LogP contribution in [-0.2, 0) is 4.79 Å². The highest BCUT2D eigenvalue weighted by Gasteiger charge is 2.12. The Morgan fingerprint density at radius 2 is 2.16 bits per heavy atom. The highest BCUT2D eigenvalue weighted by molar-refractivity contribution is 5.85. The summed E-state index contributed by atoms with van der Waals surface area (Å²) in [6, 6.07) is 6.82. The Kier molecular flexibility index (Phi) is 4.88. The van der Waals surface area contributed by atoms with Gasteiger partial charge in [-0.25, -0.2) is 5.43 Å². The zero-order valence-corrected chi connectivity index (χ0v) is 10.7. The number of benzene rings is 1. The molecule has 0 spiro atoms. The van der Waals surface area contributed by atoms with Crippen LogP contribution in [0.2, 0.25) is 0 Å². The van der Waals surface area contributed by atoms with E-state index >= 15 is 0 Å². The molecule has 3 N–H and O–H groups in total. The molecule has 0 unspecified atom stereocenters. The number of phenols is 1. The second-order valence-electron chi connectivity index (χ2n) is 4.38. The SMILES string of the molecule is O=C(CN1CCNCC1)NN=Cc1ccccc1O. The van der Waals surface area contributed by atoms with Gasteiger partial charge in [0, 0.05) is 31.7 Å². The van der Waals surface area contributed by atoms with E-state index in [2.05, 4.69) is 20.7 Å². The third kappa shape index (κ3) is 4.35. The summed E-state index contributed by atoms with van der Waals surface area (Å²) < 4.78 is 0. The predicted molar refractivity (Wildman–Crippen MR) is 73.2 cm³/mol. The molecular weight excluding hydrogens is 244 g/mol. The lowest BCUT2D eigenvalue weighted by molar-refractivity contribution is -0.122. The number of carbonyl (C=O) groups excluding carboxylic acids is 1. The lowest BCUT2D eigenvalue weighted by Gasteiger charge is -2.25. The largest absolute Gasteiger partial charge is 0.507 e. The summed E-state index contributed by atoms with van der Waals surface area (Å²) in [5.41, 5.74) is 3.04. The van der Waals surface area contributed by atoms with Gasteiger partial charge in [0.05, 0.1) is 12.8 Å². The standard InChI is InChI=1S/C13H18N4O2/c18-12-4-2-1-3-11(12)9-15-16-13(19)10-17-7-5-14-6-8-17/h1-4,9,14,18H,5-8,10H2,(H,16,19). The first-order valence-corrected chi connectivity index (χ1v) is 6.28. The molecule has 6 heteroatoms. The van der Waals surface area contributed by atoms with Gasteiger partial charge in [-0.3, -0.25) is 9.69 Å². The van der Waals surface area contributed by atoms with E-state index in [1.807, 2.05) is 0 Å². The second-order valence-corrected chi connectivity index (χ2v) is 4.38. The molecule has 6 nitrogen and oxygen atoms in total. The van der Waals surface area contributed by atoms with Crippen LogP contribution >= 0.6 is 0 Å². The number of hydrazone groups is 1. The third-order valence-electron chi connectivity index (χ3n) is 2.91. The van der Waals surface area contributed by atoms with Gasteiger partial charge in [-0.05, 0) is 12.1 Å². The predicted octanol–water partition coefficient (Wildman–Crippen LogP) is -0.252. The highest BCUT2D eigenvalue weighted by atomic mass is 16.3. The average molecular weight is 262 g/mol. The van der Waals surface area contributed by atoms with Gasteiger partial charge in [0.15, 0.2) is 0 Å². The van der Waals surface area contributed by atoms with Crippen molar-refractivity contribution in [2.45, 2.75) is 0 Å². The number of phenolic OH excluding ortho intramolecular Hbond substituents is 1. The maximum Gasteiger partial charge on any atom is 0.254 e. The minimum Gasteiger partial charge on any atom is -0.507 e. The van der Waals surface area contributed by atoms with Crippen LogP contribution in [0.1, 0.15) is 5.56 Å². The highest BCUT2D eigenvalue weighted by Crippen LogP contribution is 2.12. The number of nitrogens with zero attached hydrogens (tertiary/aromatic N) is 2. The molecule has 0 saturated carbocycles. The van der Waals surface area contributed by atoms with Crippen molar-refractivity contribution in [2.75, 3.05) is 32.7 Å². The third-order valence-corrected chi connectivity index (χ3v) is 2.91. The summed E-state index contributed by atoms with van der Waals surface area (Å²) in [6.07, 6.45) is 1.44. The Morgan fingerprint density at radius 3 is 2.89 bits per heavy atom. The zero-order valence-electron chi connectivity index (χ0n) is 10.7. The fourth-order valence-corrected chi connectivity index (χ4v) is 1.88. The van der Waals surface area contributed by atoms with Gasteiger partial charge in [0.2, 0.25) is 0 Å². The Labute approximate surface area is 112 Å².